The van der Waals surface area contributed by atoms with Crippen molar-refractivity contribution in [2.24, 2.45) is 7.05 Å². The molecule has 0 aliphatic carbocycles. The largest absolute Gasteiger partial charge is 0.212 e. The molecule has 3 aromatic rings. The van der Waals surface area contributed by atoms with E-state index in [1.807, 2.05) is 0 Å². The quantitative estimate of drug-likeness (QED) is 0.598. The molecule has 0 amide bonds. The van der Waals surface area contributed by atoms with Gasteiger partial charge in [-0.3, -0.25) is 0 Å². The summed E-state index contributed by atoms with van der Waals surface area (Å²) in [6, 6.07) is 19.6. The van der Waals surface area contributed by atoms with Crippen molar-refractivity contribution in [2.45, 2.75) is 20.8 Å². The highest BCUT2D eigenvalue weighted by Crippen LogP contribution is 2.30. The predicted molar refractivity (Wildman–Crippen MR) is 92.7 cm³/mol. The lowest BCUT2D eigenvalue weighted by Crippen LogP contribution is -2.31. The van der Waals surface area contributed by atoms with Gasteiger partial charge in [0.25, 0.3) is 0 Å². The summed E-state index contributed by atoms with van der Waals surface area (Å²) in [7, 11) is 2.11. The number of hydrogen-bond acceptors (Lipinski definition) is 0. The van der Waals surface area contributed by atoms with E-state index < -0.39 is 0 Å². The molecule has 1 heterocycles. The van der Waals surface area contributed by atoms with Crippen LogP contribution < -0.4 is 4.57 Å². The number of aromatic nitrogens is 1. The van der Waals surface area contributed by atoms with Crippen molar-refractivity contribution in [3.63, 3.8) is 0 Å². The smallest absolute Gasteiger partial charge is 0.201 e. The summed E-state index contributed by atoms with van der Waals surface area (Å²) in [6.45, 7) is 6.51. The zero-order valence-corrected chi connectivity index (χ0v) is 13.7. The van der Waals surface area contributed by atoms with Gasteiger partial charge in [0, 0.05) is 17.2 Å². The average molecular weight is 288 g/mol. The number of rotatable bonds is 2. The molecule has 2 aromatic carbocycles. The SMILES string of the molecule is Cc1ccc(-c2cc(C)c(-c3ccccc3)cc2C)[n+](C)c1. The molecule has 1 heteroatoms. The van der Waals surface area contributed by atoms with Crippen LogP contribution in [0.25, 0.3) is 22.4 Å². The Balaban J connectivity index is 2.14. The molecule has 0 aliphatic heterocycles. The normalized spacial score (nSPS) is 10.7. The monoisotopic (exact) mass is 288 g/mol. The molecule has 1 nitrogen and oxygen atoms in total. The van der Waals surface area contributed by atoms with E-state index in [1.165, 1.54) is 39.1 Å². The molecule has 0 fully saturated rings. The molecule has 3 rings (SSSR count). The molecule has 110 valence electrons. The van der Waals surface area contributed by atoms with E-state index in [0.29, 0.717) is 0 Å². The Morgan fingerprint density at radius 2 is 1.36 bits per heavy atom. The molecule has 0 aliphatic rings. The second kappa shape index (κ2) is 5.76. The van der Waals surface area contributed by atoms with Crippen molar-refractivity contribution in [1.29, 1.82) is 0 Å². The Hall–Kier alpha value is -2.41. The second-order valence-electron chi connectivity index (χ2n) is 6.05. The first-order valence-electron chi connectivity index (χ1n) is 7.69. The minimum absolute atomic E-state index is 1.26. The third-order valence-corrected chi connectivity index (χ3v) is 4.21. The van der Waals surface area contributed by atoms with Gasteiger partial charge in [-0.15, -0.1) is 0 Å². The number of hydrogen-bond donors (Lipinski definition) is 0. The second-order valence-corrected chi connectivity index (χ2v) is 6.05. The van der Waals surface area contributed by atoms with Crippen LogP contribution >= 0.6 is 0 Å². The molecular weight excluding hydrogens is 266 g/mol. The minimum atomic E-state index is 1.26. The van der Waals surface area contributed by atoms with Crippen molar-refractivity contribution >= 4 is 0 Å². The van der Waals surface area contributed by atoms with E-state index in [4.69, 9.17) is 0 Å². The standard InChI is InChI=1S/C21H22N/c1-15-10-11-21(22(4)14-15)20-13-16(2)19(12-17(20)3)18-8-6-5-7-9-18/h5-14H,1-4H3/q+1. The van der Waals surface area contributed by atoms with Gasteiger partial charge in [0.05, 0.1) is 0 Å². The molecular formula is C21H22N+. The maximum Gasteiger partial charge on any atom is 0.212 e. The van der Waals surface area contributed by atoms with E-state index in [9.17, 15) is 0 Å². The Morgan fingerprint density at radius 3 is 2.05 bits per heavy atom. The first-order chi connectivity index (χ1) is 10.6. The first kappa shape index (κ1) is 14.5. The fourth-order valence-electron chi connectivity index (χ4n) is 3.05. The first-order valence-corrected chi connectivity index (χ1v) is 7.69. The van der Waals surface area contributed by atoms with Crippen LogP contribution in [0.5, 0.6) is 0 Å². The highest BCUT2D eigenvalue weighted by atomic mass is 14.9. The Kier molecular flexibility index (Phi) is 3.81. The van der Waals surface area contributed by atoms with Crippen LogP contribution in [0.15, 0.2) is 60.8 Å². The van der Waals surface area contributed by atoms with Crippen molar-refractivity contribution in [3.05, 3.63) is 77.5 Å². The van der Waals surface area contributed by atoms with Crippen molar-refractivity contribution in [3.8, 4) is 22.4 Å². The van der Waals surface area contributed by atoms with E-state index in [2.05, 4.69) is 93.2 Å². The van der Waals surface area contributed by atoms with Gasteiger partial charge in [-0.05, 0) is 55.2 Å². The summed E-state index contributed by atoms with van der Waals surface area (Å²) in [5.41, 5.74) is 9.06. The molecule has 22 heavy (non-hydrogen) atoms. The van der Waals surface area contributed by atoms with Crippen LogP contribution in [-0.2, 0) is 7.05 Å². The van der Waals surface area contributed by atoms with Crippen LogP contribution in [0.2, 0.25) is 0 Å². The molecule has 0 unspecified atom stereocenters. The summed E-state index contributed by atoms with van der Waals surface area (Å²) in [5.74, 6) is 0. The maximum absolute atomic E-state index is 2.31. The molecule has 0 saturated carbocycles. The van der Waals surface area contributed by atoms with Crippen molar-refractivity contribution < 1.29 is 4.57 Å². The van der Waals surface area contributed by atoms with Crippen LogP contribution in [0.3, 0.4) is 0 Å². The molecule has 0 spiro atoms. The lowest BCUT2D eigenvalue weighted by Gasteiger charge is -2.12. The summed E-state index contributed by atoms with van der Waals surface area (Å²) >= 11 is 0. The molecule has 0 N–H and O–H groups in total. The molecule has 1 aromatic heterocycles. The number of aryl methyl sites for hydroxylation is 4. The summed E-state index contributed by atoms with van der Waals surface area (Å²) in [5, 5.41) is 0. The van der Waals surface area contributed by atoms with Gasteiger partial charge in [0.2, 0.25) is 5.69 Å². The summed E-state index contributed by atoms with van der Waals surface area (Å²) < 4.78 is 2.21. The lowest BCUT2D eigenvalue weighted by atomic mass is 9.93. The fourth-order valence-corrected chi connectivity index (χ4v) is 3.05. The predicted octanol–water partition coefficient (Wildman–Crippen LogP) is 4.77. The zero-order chi connectivity index (χ0) is 15.7. The van der Waals surface area contributed by atoms with Crippen LogP contribution in [0.4, 0.5) is 0 Å². The molecule has 0 atom stereocenters. The van der Waals surface area contributed by atoms with Crippen molar-refractivity contribution in [1.82, 2.24) is 0 Å². The zero-order valence-electron chi connectivity index (χ0n) is 13.7. The third kappa shape index (κ3) is 2.67. The fraction of sp³-hybridized carbons (Fsp3) is 0.190. The van der Waals surface area contributed by atoms with Gasteiger partial charge >= 0.3 is 0 Å². The average Bonchev–Trinajstić information content (AvgIpc) is 2.50. The van der Waals surface area contributed by atoms with Gasteiger partial charge in [-0.1, -0.05) is 36.4 Å². The molecule has 0 saturated heterocycles. The number of pyridine rings is 1. The Morgan fingerprint density at radius 1 is 0.727 bits per heavy atom. The highest BCUT2D eigenvalue weighted by Gasteiger charge is 2.14. The van der Waals surface area contributed by atoms with Crippen LogP contribution in [0.1, 0.15) is 16.7 Å². The lowest BCUT2D eigenvalue weighted by molar-refractivity contribution is -0.660. The van der Waals surface area contributed by atoms with Gasteiger partial charge in [0.15, 0.2) is 6.20 Å². The highest BCUT2D eigenvalue weighted by molar-refractivity contribution is 5.74. The van der Waals surface area contributed by atoms with Gasteiger partial charge in [0.1, 0.15) is 7.05 Å². The van der Waals surface area contributed by atoms with Gasteiger partial charge in [-0.2, -0.15) is 0 Å². The molecule has 0 radical (unpaired) electrons. The topological polar surface area (TPSA) is 3.88 Å². The maximum atomic E-state index is 2.31. The van der Waals surface area contributed by atoms with E-state index in [-0.39, 0.29) is 0 Å². The minimum Gasteiger partial charge on any atom is -0.201 e. The van der Waals surface area contributed by atoms with Crippen molar-refractivity contribution in [2.75, 3.05) is 0 Å². The van der Waals surface area contributed by atoms with E-state index in [1.54, 1.807) is 0 Å². The van der Waals surface area contributed by atoms with Crippen LogP contribution in [0, 0.1) is 20.8 Å². The summed E-state index contributed by atoms with van der Waals surface area (Å²) in [4.78, 5) is 0. The van der Waals surface area contributed by atoms with E-state index in [0.717, 1.165) is 0 Å². The Bertz CT molecular complexity index is 817. The number of benzene rings is 2. The van der Waals surface area contributed by atoms with Gasteiger partial charge in [-0.25, -0.2) is 4.57 Å². The van der Waals surface area contributed by atoms with E-state index >= 15 is 0 Å². The summed E-state index contributed by atoms with van der Waals surface area (Å²) in [6.07, 6.45) is 2.18. The third-order valence-electron chi connectivity index (χ3n) is 4.21. The van der Waals surface area contributed by atoms with Crippen LogP contribution in [-0.4, -0.2) is 0 Å². The number of nitrogens with zero attached hydrogens (tertiary/aromatic N) is 1. The van der Waals surface area contributed by atoms with Gasteiger partial charge < -0.3 is 0 Å². The molecule has 0 bridgehead atoms. The Labute approximate surface area is 132 Å².